The van der Waals surface area contributed by atoms with Gasteiger partial charge in [0.05, 0.1) is 11.2 Å². The van der Waals surface area contributed by atoms with Crippen molar-refractivity contribution in [2.24, 2.45) is 0 Å². The number of phenols is 3. The number of aromatic hydroxyl groups is 3. The molecule has 0 heterocycles. The highest BCUT2D eigenvalue weighted by Gasteiger charge is 2.15. The van der Waals surface area contributed by atoms with Gasteiger partial charge in [0.15, 0.2) is 5.78 Å². The van der Waals surface area contributed by atoms with Crippen LogP contribution in [0.25, 0.3) is 6.08 Å². The maximum atomic E-state index is 12.5. The van der Waals surface area contributed by atoms with E-state index in [2.05, 4.69) is 0 Å². The normalized spacial score (nSPS) is 12.7. The van der Waals surface area contributed by atoms with E-state index in [-0.39, 0.29) is 34.8 Å². The Morgan fingerprint density at radius 3 is 2.33 bits per heavy atom. The molecule has 2 aromatic rings. The molecular formula is C25H28O5. The number of phenolic OH excluding ortho intramolecular Hbond substituents is 3. The molecule has 0 aliphatic carbocycles. The molecule has 0 amide bonds. The van der Waals surface area contributed by atoms with Gasteiger partial charge < -0.3 is 20.4 Å². The van der Waals surface area contributed by atoms with Crippen molar-refractivity contribution in [2.45, 2.75) is 39.2 Å². The van der Waals surface area contributed by atoms with Crippen LogP contribution in [0.4, 0.5) is 0 Å². The highest BCUT2D eigenvalue weighted by Crippen LogP contribution is 2.32. The molecule has 2 aromatic carbocycles. The molecule has 0 saturated heterocycles. The molecule has 2 rings (SSSR count). The standard InChI is InChI=1S/C25H28O5/c1-17(5-4-16-25(2,3)30)6-12-20-23(28)15-13-21(24(20)29)22(27)14-9-18-7-10-19(26)11-8-18/h4,6-11,13-16,26,28-30H,5,12H2,1-3H3/b14-9+,16-4+,17-6+. The lowest BCUT2D eigenvalue weighted by Gasteiger charge is -2.10. The molecule has 0 aliphatic rings. The predicted molar refractivity (Wildman–Crippen MR) is 119 cm³/mol. The van der Waals surface area contributed by atoms with E-state index < -0.39 is 11.4 Å². The van der Waals surface area contributed by atoms with E-state index in [0.717, 1.165) is 11.1 Å². The van der Waals surface area contributed by atoms with Crippen LogP contribution in [0, 0.1) is 0 Å². The Morgan fingerprint density at radius 2 is 1.70 bits per heavy atom. The number of aliphatic hydroxyl groups is 1. The van der Waals surface area contributed by atoms with Gasteiger partial charge in [-0.1, -0.05) is 42.0 Å². The van der Waals surface area contributed by atoms with Crippen molar-refractivity contribution in [3.05, 3.63) is 83.0 Å². The Balaban J connectivity index is 2.16. The van der Waals surface area contributed by atoms with E-state index in [9.17, 15) is 25.2 Å². The van der Waals surface area contributed by atoms with Crippen molar-refractivity contribution in [3.8, 4) is 17.2 Å². The summed E-state index contributed by atoms with van der Waals surface area (Å²) in [4.78, 5) is 12.5. The number of allylic oxidation sites excluding steroid dienone is 4. The summed E-state index contributed by atoms with van der Waals surface area (Å²) < 4.78 is 0. The average molecular weight is 408 g/mol. The first-order valence-electron chi connectivity index (χ1n) is 9.68. The van der Waals surface area contributed by atoms with Crippen molar-refractivity contribution < 1.29 is 25.2 Å². The van der Waals surface area contributed by atoms with Crippen LogP contribution < -0.4 is 0 Å². The van der Waals surface area contributed by atoms with Crippen LogP contribution in [-0.2, 0) is 6.42 Å². The monoisotopic (exact) mass is 408 g/mol. The molecule has 0 radical (unpaired) electrons. The topological polar surface area (TPSA) is 98.0 Å². The summed E-state index contributed by atoms with van der Waals surface area (Å²) in [6.45, 7) is 5.30. The lowest BCUT2D eigenvalue weighted by molar-refractivity contribution is 0.104. The second kappa shape index (κ2) is 9.94. The molecule has 0 saturated carbocycles. The first-order valence-corrected chi connectivity index (χ1v) is 9.68. The second-order valence-electron chi connectivity index (χ2n) is 7.76. The van der Waals surface area contributed by atoms with Crippen LogP contribution in [0.5, 0.6) is 17.2 Å². The molecule has 0 atom stereocenters. The minimum absolute atomic E-state index is 0.0809. The summed E-state index contributed by atoms with van der Waals surface area (Å²) in [5.41, 5.74) is 1.24. The summed E-state index contributed by atoms with van der Waals surface area (Å²) >= 11 is 0. The smallest absolute Gasteiger partial charge is 0.189 e. The quantitative estimate of drug-likeness (QED) is 0.283. The van der Waals surface area contributed by atoms with Crippen molar-refractivity contribution in [1.29, 1.82) is 0 Å². The molecule has 0 aromatic heterocycles. The molecule has 5 nitrogen and oxygen atoms in total. The van der Waals surface area contributed by atoms with Crippen molar-refractivity contribution in [2.75, 3.05) is 0 Å². The van der Waals surface area contributed by atoms with Crippen LogP contribution in [0.1, 0.15) is 48.7 Å². The van der Waals surface area contributed by atoms with Gasteiger partial charge in [-0.25, -0.2) is 0 Å². The van der Waals surface area contributed by atoms with Crippen LogP contribution >= 0.6 is 0 Å². The molecule has 0 spiro atoms. The third-order valence-corrected chi connectivity index (χ3v) is 4.46. The number of benzene rings is 2. The van der Waals surface area contributed by atoms with Crippen LogP contribution in [0.3, 0.4) is 0 Å². The highest BCUT2D eigenvalue weighted by atomic mass is 16.3. The van der Waals surface area contributed by atoms with Crippen LogP contribution in [-0.4, -0.2) is 31.8 Å². The first kappa shape index (κ1) is 23.0. The number of carbonyl (C=O) groups is 1. The Kier molecular flexibility index (Phi) is 7.61. The summed E-state index contributed by atoms with van der Waals surface area (Å²) in [5, 5.41) is 39.7. The third kappa shape index (κ3) is 6.94. The van der Waals surface area contributed by atoms with Crippen LogP contribution in [0.2, 0.25) is 0 Å². The number of hydrogen-bond donors (Lipinski definition) is 4. The van der Waals surface area contributed by atoms with E-state index >= 15 is 0 Å². The van der Waals surface area contributed by atoms with E-state index in [1.54, 1.807) is 38.1 Å². The fraction of sp³-hybridized carbons (Fsp3) is 0.240. The van der Waals surface area contributed by atoms with Gasteiger partial charge >= 0.3 is 0 Å². The maximum absolute atomic E-state index is 12.5. The van der Waals surface area contributed by atoms with Gasteiger partial charge in [0.25, 0.3) is 0 Å². The minimum atomic E-state index is -0.876. The SMILES string of the molecule is C/C(=C\Cc1c(O)ccc(C(=O)/C=C/c2ccc(O)cc2)c1O)C/C=C/C(C)(C)O. The molecule has 0 bridgehead atoms. The van der Waals surface area contributed by atoms with Gasteiger partial charge in [-0.15, -0.1) is 0 Å². The molecule has 158 valence electrons. The Morgan fingerprint density at radius 1 is 1.03 bits per heavy atom. The molecule has 4 N–H and O–H groups in total. The van der Waals surface area contributed by atoms with Gasteiger partial charge in [0, 0.05) is 5.56 Å². The predicted octanol–water partition coefficient (Wildman–Crippen LogP) is 4.91. The summed E-state index contributed by atoms with van der Waals surface area (Å²) in [7, 11) is 0. The summed E-state index contributed by atoms with van der Waals surface area (Å²) in [6, 6.07) is 9.16. The molecule has 0 aliphatic heterocycles. The Labute approximate surface area is 177 Å². The first-order chi connectivity index (χ1) is 14.1. The van der Waals surface area contributed by atoms with Crippen molar-refractivity contribution in [1.82, 2.24) is 0 Å². The van der Waals surface area contributed by atoms with E-state index in [1.165, 1.54) is 30.3 Å². The van der Waals surface area contributed by atoms with E-state index in [1.807, 2.05) is 19.1 Å². The number of hydrogen-bond acceptors (Lipinski definition) is 5. The highest BCUT2D eigenvalue weighted by molar-refractivity contribution is 6.09. The van der Waals surface area contributed by atoms with Gasteiger partial charge in [0.1, 0.15) is 17.2 Å². The van der Waals surface area contributed by atoms with Gasteiger partial charge in [-0.3, -0.25) is 4.79 Å². The number of ketones is 1. The molecule has 5 heteroatoms. The van der Waals surface area contributed by atoms with Crippen molar-refractivity contribution >= 4 is 11.9 Å². The maximum Gasteiger partial charge on any atom is 0.189 e. The summed E-state index contributed by atoms with van der Waals surface area (Å²) in [6.07, 6.45) is 9.25. The molecule has 0 fully saturated rings. The zero-order valence-corrected chi connectivity index (χ0v) is 17.5. The largest absolute Gasteiger partial charge is 0.508 e. The van der Waals surface area contributed by atoms with E-state index in [4.69, 9.17) is 0 Å². The molecular weight excluding hydrogens is 380 g/mol. The second-order valence-corrected chi connectivity index (χ2v) is 7.76. The van der Waals surface area contributed by atoms with Gasteiger partial charge in [0.2, 0.25) is 0 Å². The lowest BCUT2D eigenvalue weighted by Crippen LogP contribution is -2.13. The Bertz CT molecular complexity index is 974. The minimum Gasteiger partial charge on any atom is -0.508 e. The van der Waals surface area contributed by atoms with Gasteiger partial charge in [-0.2, -0.15) is 0 Å². The summed E-state index contributed by atoms with van der Waals surface area (Å²) in [5.74, 6) is -0.581. The molecule has 30 heavy (non-hydrogen) atoms. The van der Waals surface area contributed by atoms with E-state index in [0.29, 0.717) is 6.42 Å². The third-order valence-electron chi connectivity index (χ3n) is 4.46. The molecule has 0 unspecified atom stereocenters. The zero-order valence-electron chi connectivity index (χ0n) is 17.5. The number of rotatable bonds is 8. The lowest BCUT2D eigenvalue weighted by atomic mass is 9.99. The van der Waals surface area contributed by atoms with Crippen molar-refractivity contribution in [3.63, 3.8) is 0 Å². The Hall–Kier alpha value is -3.31. The number of carbonyl (C=O) groups excluding carboxylic acids is 1. The average Bonchev–Trinajstić information content (AvgIpc) is 2.66. The fourth-order valence-corrected chi connectivity index (χ4v) is 2.77. The zero-order chi connectivity index (χ0) is 22.3. The fourth-order valence-electron chi connectivity index (χ4n) is 2.77. The van der Waals surface area contributed by atoms with Gasteiger partial charge in [-0.05, 0) is 69.5 Å². The van der Waals surface area contributed by atoms with Crippen LogP contribution in [0.15, 0.2) is 66.3 Å².